The van der Waals surface area contributed by atoms with Crippen molar-refractivity contribution in [1.82, 2.24) is 4.98 Å². The molecule has 0 saturated carbocycles. The molecule has 14 heavy (non-hydrogen) atoms. The Bertz CT molecular complexity index is 234. The molecule has 1 rings (SSSR count). The summed E-state index contributed by atoms with van der Waals surface area (Å²) in [7, 11) is -1.21. The molecule has 0 atom stereocenters. The maximum Gasteiger partial charge on any atom is 0.191 e. The van der Waals surface area contributed by atoms with Gasteiger partial charge in [-0.25, -0.2) is 4.98 Å². The molecule has 0 unspecified atom stereocenters. The van der Waals surface area contributed by atoms with Gasteiger partial charge in [-0.1, -0.05) is 25.7 Å². The normalized spacial score (nSPS) is 9.79. The maximum absolute atomic E-state index is 4.19. The van der Waals surface area contributed by atoms with E-state index < -0.39 is 8.24 Å². The fraction of sp³-hybridized carbons (Fsp3) is 0.500. The standard InChI is InChI=1S/C8H14N2Si.2CH3.Al/c1-11(2,3)10-8-6-4-5-7-9-8;;;/h4-7H,1-3H3,(H,9,10);2*1H3;. The van der Waals surface area contributed by atoms with E-state index in [1.54, 1.807) is 0 Å². The Morgan fingerprint density at radius 3 is 2.14 bits per heavy atom. The average Bonchev–Trinajstić information content (AvgIpc) is 2.04. The summed E-state index contributed by atoms with van der Waals surface area (Å²) < 4.78 is 0. The zero-order valence-electron chi connectivity index (χ0n) is 9.83. The second-order valence-electron chi connectivity index (χ2n) is 4.17. The van der Waals surface area contributed by atoms with E-state index >= 15 is 0 Å². The lowest BCUT2D eigenvalue weighted by Crippen LogP contribution is -2.32. The van der Waals surface area contributed by atoms with Crippen LogP contribution in [0.2, 0.25) is 31.2 Å². The van der Waals surface area contributed by atoms with Crippen molar-refractivity contribution >= 4 is 29.3 Å². The highest BCUT2D eigenvalue weighted by molar-refractivity contribution is 6.79. The molecule has 0 aliphatic rings. The van der Waals surface area contributed by atoms with Crippen LogP contribution in [0.4, 0.5) is 5.82 Å². The summed E-state index contributed by atoms with van der Waals surface area (Å²) >= 11 is 0.750. The van der Waals surface area contributed by atoms with Crippen molar-refractivity contribution in [2.24, 2.45) is 0 Å². The highest BCUT2D eigenvalue weighted by Crippen LogP contribution is 2.07. The smallest absolute Gasteiger partial charge is 0.191 e. The average molecular weight is 223 g/mol. The Balaban J connectivity index is 0.000000500. The predicted molar refractivity (Wildman–Crippen MR) is 68.7 cm³/mol. The molecule has 1 N–H and O–H groups in total. The third-order valence-corrected chi connectivity index (χ3v) is 2.17. The van der Waals surface area contributed by atoms with Gasteiger partial charge >= 0.3 is 0 Å². The number of hydrogen-bond acceptors (Lipinski definition) is 2. The Labute approximate surface area is 94.9 Å². The minimum absolute atomic E-state index is 0.750. The predicted octanol–water partition coefficient (Wildman–Crippen LogP) is 3.12. The molecule has 0 fully saturated rings. The first kappa shape index (κ1) is 13.7. The van der Waals surface area contributed by atoms with Crippen LogP contribution in [0.5, 0.6) is 0 Å². The van der Waals surface area contributed by atoms with Gasteiger partial charge in [-0.15, -0.1) is 11.6 Å². The van der Waals surface area contributed by atoms with E-state index in [4.69, 9.17) is 0 Å². The van der Waals surface area contributed by atoms with Crippen LogP contribution < -0.4 is 4.98 Å². The lowest BCUT2D eigenvalue weighted by atomic mass is 10.5. The molecule has 1 aromatic heterocycles. The van der Waals surface area contributed by atoms with E-state index in [2.05, 4.69) is 41.2 Å². The van der Waals surface area contributed by atoms with E-state index in [0.717, 1.165) is 21.0 Å². The van der Waals surface area contributed by atoms with Gasteiger partial charge in [0.15, 0.2) is 15.2 Å². The number of aromatic nitrogens is 1. The Kier molecular flexibility index (Phi) is 6.90. The first-order valence-electron chi connectivity index (χ1n) is 4.93. The van der Waals surface area contributed by atoms with Gasteiger partial charge in [0.2, 0.25) is 0 Å². The van der Waals surface area contributed by atoms with Crippen molar-refractivity contribution in [3.05, 3.63) is 24.4 Å². The fourth-order valence-corrected chi connectivity index (χ4v) is 1.74. The first-order valence-corrected chi connectivity index (χ1v) is 10.7. The molecule has 0 spiro atoms. The summed E-state index contributed by atoms with van der Waals surface area (Å²) in [6.07, 6.45) is 1.81. The van der Waals surface area contributed by atoms with Gasteiger partial charge in [0.1, 0.15) is 14.1 Å². The van der Waals surface area contributed by atoms with Gasteiger partial charge < -0.3 is 4.98 Å². The summed E-state index contributed by atoms with van der Waals surface area (Å²) in [5.74, 6) is 5.41. The molecule has 1 aromatic rings. The van der Waals surface area contributed by atoms with Crippen molar-refractivity contribution in [2.45, 2.75) is 31.2 Å². The Hall–Kier alpha value is -0.301. The molecule has 0 amide bonds. The summed E-state index contributed by atoms with van der Waals surface area (Å²) in [6, 6.07) is 5.92. The van der Waals surface area contributed by atoms with Crippen LogP contribution in [0.1, 0.15) is 0 Å². The molecular formula is C10H20AlN2Si. The zero-order valence-corrected chi connectivity index (χ0v) is 12.0. The molecule has 0 saturated heterocycles. The number of rotatable bonds is 2. The molecule has 0 bridgehead atoms. The van der Waals surface area contributed by atoms with Crippen LogP contribution in [0.15, 0.2) is 24.4 Å². The van der Waals surface area contributed by atoms with Gasteiger partial charge in [0.05, 0.1) is 0 Å². The monoisotopic (exact) mass is 223 g/mol. The summed E-state index contributed by atoms with van der Waals surface area (Å²) in [6.45, 7) is 6.76. The molecule has 0 aliphatic heterocycles. The molecule has 1 radical (unpaired) electrons. The van der Waals surface area contributed by atoms with E-state index in [9.17, 15) is 0 Å². The summed E-state index contributed by atoms with van der Waals surface area (Å²) in [4.78, 5) is 7.60. The lowest BCUT2D eigenvalue weighted by molar-refractivity contribution is 1.32. The summed E-state index contributed by atoms with van der Waals surface area (Å²) in [5, 5.41) is 0. The summed E-state index contributed by atoms with van der Waals surface area (Å²) in [5.41, 5.74) is 0. The van der Waals surface area contributed by atoms with Gasteiger partial charge in [0, 0.05) is 6.20 Å². The van der Waals surface area contributed by atoms with Crippen LogP contribution in [0.25, 0.3) is 0 Å². The lowest BCUT2D eigenvalue weighted by Gasteiger charge is -2.18. The number of anilines is 1. The van der Waals surface area contributed by atoms with Crippen molar-refractivity contribution in [2.75, 3.05) is 4.98 Å². The topological polar surface area (TPSA) is 24.9 Å². The Morgan fingerprint density at radius 1 is 1.21 bits per heavy atom. The SMILES string of the molecule is C[Si](C)(C)Nc1ccccn1.[CH3][Al][CH3]. The van der Waals surface area contributed by atoms with Crippen LogP contribution in [-0.4, -0.2) is 28.4 Å². The van der Waals surface area contributed by atoms with Gasteiger partial charge in [-0.3, -0.25) is 0 Å². The van der Waals surface area contributed by atoms with E-state index in [1.807, 2.05) is 24.4 Å². The fourth-order valence-electron chi connectivity index (χ4n) is 0.821. The van der Waals surface area contributed by atoms with Crippen molar-refractivity contribution < 1.29 is 0 Å². The minimum Gasteiger partial charge on any atom is -0.396 e. The van der Waals surface area contributed by atoms with Gasteiger partial charge in [0.25, 0.3) is 0 Å². The minimum atomic E-state index is -1.21. The van der Waals surface area contributed by atoms with Gasteiger partial charge in [-0.05, 0) is 12.1 Å². The van der Waals surface area contributed by atoms with Crippen molar-refractivity contribution in [3.8, 4) is 0 Å². The van der Waals surface area contributed by atoms with E-state index in [-0.39, 0.29) is 0 Å². The largest absolute Gasteiger partial charge is 0.396 e. The van der Waals surface area contributed by atoms with Gasteiger partial charge in [-0.2, -0.15) is 0 Å². The van der Waals surface area contributed by atoms with Crippen molar-refractivity contribution in [3.63, 3.8) is 0 Å². The molecule has 4 heteroatoms. The highest BCUT2D eigenvalue weighted by atomic mass is 28.3. The first-order chi connectivity index (χ1) is 6.49. The molecule has 2 nitrogen and oxygen atoms in total. The Morgan fingerprint density at radius 2 is 1.79 bits per heavy atom. The number of nitrogens with zero attached hydrogens (tertiary/aromatic N) is 1. The molecule has 0 aliphatic carbocycles. The van der Waals surface area contributed by atoms with Crippen LogP contribution >= 0.6 is 0 Å². The quantitative estimate of drug-likeness (QED) is 0.779. The third kappa shape index (κ3) is 8.30. The molecule has 77 valence electrons. The van der Waals surface area contributed by atoms with Crippen molar-refractivity contribution in [1.29, 1.82) is 0 Å². The van der Waals surface area contributed by atoms with E-state index in [0.29, 0.717) is 0 Å². The third-order valence-electron chi connectivity index (χ3n) is 1.17. The second kappa shape index (κ2) is 7.05. The molecular weight excluding hydrogens is 203 g/mol. The molecule has 0 aromatic carbocycles. The number of hydrogen-bond donors (Lipinski definition) is 1. The number of nitrogens with one attached hydrogen (secondary N) is 1. The maximum atomic E-state index is 4.19. The number of pyridine rings is 1. The highest BCUT2D eigenvalue weighted by Gasteiger charge is 2.12. The molecule has 1 heterocycles. The van der Waals surface area contributed by atoms with Crippen LogP contribution in [-0.2, 0) is 0 Å². The second-order valence-corrected chi connectivity index (χ2v) is 10.1. The van der Waals surface area contributed by atoms with Crippen LogP contribution in [0, 0.1) is 0 Å². The van der Waals surface area contributed by atoms with Crippen LogP contribution in [0.3, 0.4) is 0 Å². The zero-order chi connectivity index (χ0) is 11.0. The van der Waals surface area contributed by atoms with E-state index in [1.165, 1.54) is 0 Å².